The molecule has 0 bridgehead atoms. The van der Waals surface area contributed by atoms with Crippen molar-refractivity contribution >= 4 is 22.9 Å². The smallest absolute Gasteiger partial charge is 0.410 e. The van der Waals surface area contributed by atoms with Gasteiger partial charge in [0.1, 0.15) is 5.60 Å². The van der Waals surface area contributed by atoms with Crippen LogP contribution in [0.25, 0.3) is 0 Å². The van der Waals surface area contributed by atoms with Gasteiger partial charge in [-0.15, -0.1) is 0 Å². The molecule has 0 aliphatic carbocycles. The number of piperidine rings is 1. The first-order chi connectivity index (χ1) is 8.18. The van der Waals surface area contributed by atoms with Crippen molar-refractivity contribution in [3.63, 3.8) is 0 Å². The van der Waals surface area contributed by atoms with Gasteiger partial charge in [-0.2, -0.15) is 0 Å². The number of carbonyl (C=O) groups is 1. The van der Waals surface area contributed by atoms with Crippen LogP contribution in [0.2, 0.25) is 0 Å². The fourth-order valence-electron chi connectivity index (χ4n) is 1.84. The van der Waals surface area contributed by atoms with Crippen molar-refractivity contribution in [2.45, 2.75) is 46.1 Å². The lowest BCUT2D eigenvalue weighted by Gasteiger charge is -2.38. The van der Waals surface area contributed by atoms with Crippen LogP contribution in [0.1, 0.15) is 40.5 Å². The van der Waals surface area contributed by atoms with Gasteiger partial charge >= 0.3 is 6.09 Å². The number of carbonyl (C=O) groups excluding carboxylic acids is 1. The third-order valence-corrected chi connectivity index (χ3v) is 3.64. The fraction of sp³-hybridized carbons (Fsp3) is 0.833. The minimum atomic E-state index is -0.484. The van der Waals surface area contributed by atoms with E-state index in [4.69, 9.17) is 21.5 Å². The molecule has 0 aromatic heterocycles. The van der Waals surface area contributed by atoms with Gasteiger partial charge in [0, 0.05) is 18.5 Å². The number of hydrogen-bond acceptors (Lipinski definition) is 4. The fourth-order valence-corrected chi connectivity index (χ4v) is 2.03. The SMILES string of the molecule is CC(C)(C)OC(=O)N1CCC(C)(C(Cl)=NO)CC1. The average molecular weight is 277 g/mol. The summed E-state index contributed by atoms with van der Waals surface area (Å²) in [6, 6.07) is 0. The second-order valence-corrected chi connectivity index (χ2v) is 6.28. The van der Waals surface area contributed by atoms with E-state index in [9.17, 15) is 4.79 Å². The van der Waals surface area contributed by atoms with Gasteiger partial charge in [0.15, 0.2) is 5.17 Å². The van der Waals surface area contributed by atoms with Gasteiger partial charge in [0.25, 0.3) is 0 Å². The molecule has 5 nitrogen and oxygen atoms in total. The lowest BCUT2D eigenvalue weighted by molar-refractivity contribution is 0.0166. The number of halogens is 1. The summed E-state index contributed by atoms with van der Waals surface area (Å²) in [5, 5.41) is 12.0. The Morgan fingerprint density at radius 2 is 1.89 bits per heavy atom. The monoisotopic (exact) mass is 276 g/mol. The molecular formula is C12H21ClN2O3. The molecule has 1 N–H and O–H groups in total. The zero-order valence-corrected chi connectivity index (χ0v) is 12.1. The van der Waals surface area contributed by atoms with Crippen LogP contribution < -0.4 is 0 Å². The summed E-state index contributed by atoms with van der Waals surface area (Å²) in [7, 11) is 0. The molecule has 1 aliphatic rings. The van der Waals surface area contributed by atoms with Crippen molar-refractivity contribution in [1.29, 1.82) is 0 Å². The molecule has 1 rings (SSSR count). The summed E-state index contributed by atoms with van der Waals surface area (Å²) in [6.45, 7) is 8.56. The van der Waals surface area contributed by atoms with Crippen molar-refractivity contribution in [1.82, 2.24) is 4.90 Å². The maximum atomic E-state index is 11.9. The third kappa shape index (κ3) is 3.77. The zero-order chi connectivity index (χ0) is 14.0. The van der Waals surface area contributed by atoms with Crippen LogP contribution in [0.15, 0.2) is 5.16 Å². The van der Waals surface area contributed by atoms with Crippen LogP contribution in [-0.2, 0) is 4.74 Å². The van der Waals surface area contributed by atoms with E-state index < -0.39 is 5.60 Å². The van der Waals surface area contributed by atoms with E-state index in [1.54, 1.807) is 4.90 Å². The predicted octanol–water partition coefficient (Wildman–Crippen LogP) is 3.05. The number of amides is 1. The van der Waals surface area contributed by atoms with Crippen LogP contribution >= 0.6 is 11.6 Å². The van der Waals surface area contributed by atoms with Crippen molar-refractivity contribution < 1.29 is 14.7 Å². The molecule has 0 atom stereocenters. The highest BCUT2D eigenvalue weighted by Gasteiger charge is 2.37. The molecule has 1 heterocycles. The molecular weight excluding hydrogens is 256 g/mol. The van der Waals surface area contributed by atoms with E-state index in [-0.39, 0.29) is 16.7 Å². The molecule has 0 unspecified atom stereocenters. The number of rotatable bonds is 1. The minimum absolute atomic E-state index is 0.200. The van der Waals surface area contributed by atoms with E-state index in [1.165, 1.54) is 0 Å². The van der Waals surface area contributed by atoms with Crippen LogP contribution in [0.3, 0.4) is 0 Å². The lowest BCUT2D eigenvalue weighted by Crippen LogP contribution is -2.46. The first-order valence-electron chi connectivity index (χ1n) is 6.04. The summed E-state index contributed by atoms with van der Waals surface area (Å²) in [5.74, 6) is 0. The summed E-state index contributed by atoms with van der Waals surface area (Å²) in [5.41, 5.74) is -0.836. The first kappa shape index (κ1) is 15.1. The molecule has 1 aliphatic heterocycles. The summed E-state index contributed by atoms with van der Waals surface area (Å²) in [6.07, 6.45) is 1.02. The molecule has 1 amide bonds. The number of hydrogen-bond donors (Lipinski definition) is 1. The van der Waals surface area contributed by atoms with Gasteiger partial charge in [-0.05, 0) is 33.6 Å². The largest absolute Gasteiger partial charge is 0.444 e. The number of likely N-dealkylation sites (tertiary alicyclic amines) is 1. The van der Waals surface area contributed by atoms with Gasteiger partial charge in [-0.3, -0.25) is 0 Å². The maximum Gasteiger partial charge on any atom is 0.410 e. The molecule has 6 heteroatoms. The van der Waals surface area contributed by atoms with Crippen LogP contribution in [0, 0.1) is 5.41 Å². The number of ether oxygens (including phenoxy) is 1. The van der Waals surface area contributed by atoms with E-state index >= 15 is 0 Å². The second kappa shape index (κ2) is 5.34. The Labute approximate surface area is 113 Å². The van der Waals surface area contributed by atoms with Crippen LogP contribution in [-0.4, -0.2) is 40.1 Å². The molecule has 104 valence electrons. The highest BCUT2D eigenvalue weighted by Crippen LogP contribution is 2.34. The molecule has 0 spiro atoms. The average Bonchev–Trinajstić information content (AvgIpc) is 2.26. The predicted molar refractivity (Wildman–Crippen MR) is 70.2 cm³/mol. The molecule has 1 saturated heterocycles. The van der Waals surface area contributed by atoms with E-state index in [2.05, 4.69) is 5.16 Å². The third-order valence-electron chi connectivity index (χ3n) is 3.10. The van der Waals surface area contributed by atoms with Gasteiger partial charge in [0.05, 0.1) is 0 Å². The Bertz CT molecular complexity index is 342. The summed E-state index contributed by atoms with van der Waals surface area (Å²) < 4.78 is 5.31. The topological polar surface area (TPSA) is 62.1 Å². The van der Waals surface area contributed by atoms with Gasteiger partial charge in [0.2, 0.25) is 0 Å². The normalized spacial score (nSPS) is 20.7. The van der Waals surface area contributed by atoms with Crippen molar-refractivity contribution in [2.75, 3.05) is 13.1 Å². The number of nitrogens with zero attached hydrogens (tertiary/aromatic N) is 2. The zero-order valence-electron chi connectivity index (χ0n) is 11.4. The van der Waals surface area contributed by atoms with Gasteiger partial charge in [-0.1, -0.05) is 23.7 Å². The Morgan fingerprint density at radius 3 is 2.28 bits per heavy atom. The Kier molecular flexibility index (Phi) is 4.48. The second-order valence-electron chi connectivity index (χ2n) is 5.92. The Balaban J connectivity index is 2.57. The quantitative estimate of drug-likeness (QED) is 0.455. The molecule has 0 aromatic carbocycles. The van der Waals surface area contributed by atoms with Crippen molar-refractivity contribution in [2.24, 2.45) is 10.6 Å². The molecule has 18 heavy (non-hydrogen) atoms. The maximum absolute atomic E-state index is 11.9. The lowest BCUT2D eigenvalue weighted by atomic mass is 9.81. The number of oxime groups is 1. The van der Waals surface area contributed by atoms with E-state index in [0.717, 1.165) is 0 Å². The molecule has 0 aromatic rings. The minimum Gasteiger partial charge on any atom is -0.444 e. The van der Waals surface area contributed by atoms with Crippen LogP contribution in [0.5, 0.6) is 0 Å². The highest BCUT2D eigenvalue weighted by atomic mass is 35.5. The van der Waals surface area contributed by atoms with E-state index in [0.29, 0.717) is 25.9 Å². The summed E-state index contributed by atoms with van der Waals surface area (Å²) >= 11 is 5.88. The van der Waals surface area contributed by atoms with E-state index in [1.807, 2.05) is 27.7 Å². The van der Waals surface area contributed by atoms with Crippen molar-refractivity contribution in [3.05, 3.63) is 0 Å². The summed E-state index contributed by atoms with van der Waals surface area (Å²) in [4.78, 5) is 13.5. The molecule has 0 radical (unpaired) electrons. The molecule has 0 saturated carbocycles. The van der Waals surface area contributed by atoms with Crippen LogP contribution in [0.4, 0.5) is 4.79 Å². The Morgan fingerprint density at radius 1 is 1.39 bits per heavy atom. The molecule has 1 fully saturated rings. The first-order valence-corrected chi connectivity index (χ1v) is 6.42. The van der Waals surface area contributed by atoms with Gasteiger partial charge < -0.3 is 14.8 Å². The highest BCUT2D eigenvalue weighted by molar-refractivity contribution is 6.66. The Hall–Kier alpha value is -0.970. The van der Waals surface area contributed by atoms with Crippen molar-refractivity contribution in [3.8, 4) is 0 Å². The standard InChI is InChI=1S/C12H21ClN2O3/c1-11(2,3)18-10(16)15-7-5-12(4,6-8-15)9(13)14-17/h17H,5-8H2,1-4H3. The van der Waals surface area contributed by atoms with Gasteiger partial charge in [-0.25, -0.2) is 4.79 Å².